The van der Waals surface area contributed by atoms with Gasteiger partial charge in [0.1, 0.15) is 6.61 Å². The molecule has 0 aliphatic rings. The molecular weight excluding hydrogens is 769 g/mol. The molecule has 12 heteroatoms. The summed E-state index contributed by atoms with van der Waals surface area (Å²) < 4.78 is 32.6. The number of carbonyl (C=O) groups excluding carboxylic acids is 2. The van der Waals surface area contributed by atoms with Crippen LogP contribution < -0.4 is 5.73 Å². The van der Waals surface area contributed by atoms with Gasteiger partial charge in [0.2, 0.25) is 0 Å². The minimum atomic E-state index is -4.46. The summed E-state index contributed by atoms with van der Waals surface area (Å²) in [6.07, 6.45) is 41.7. The minimum absolute atomic E-state index is 0.00691. The molecule has 0 spiro atoms. The van der Waals surface area contributed by atoms with Crippen molar-refractivity contribution in [3.8, 4) is 0 Å². The fourth-order valence-corrected chi connectivity index (χ4v) is 7.03. The highest BCUT2D eigenvalue weighted by molar-refractivity contribution is 7.47. The van der Waals surface area contributed by atoms with E-state index in [0.717, 1.165) is 38.5 Å². The minimum Gasteiger partial charge on any atom is -0.462 e. The molecule has 0 heterocycles. The van der Waals surface area contributed by atoms with Gasteiger partial charge in [-0.3, -0.25) is 18.6 Å². The highest BCUT2D eigenvalue weighted by Crippen LogP contribution is 2.43. The molecule has 0 bridgehead atoms. The molecule has 0 radical (unpaired) electrons. The first kappa shape index (κ1) is 56.9. The van der Waals surface area contributed by atoms with Crippen LogP contribution in [0.3, 0.4) is 0 Å². The third kappa shape index (κ3) is 41.0. The summed E-state index contributed by atoms with van der Waals surface area (Å²) in [5, 5.41) is 20.7. The zero-order valence-corrected chi connectivity index (χ0v) is 38.1. The second-order valence-corrected chi connectivity index (χ2v) is 17.0. The second kappa shape index (κ2) is 42.6. The Morgan fingerprint density at radius 3 is 1.64 bits per heavy atom. The van der Waals surface area contributed by atoms with Gasteiger partial charge in [-0.2, -0.15) is 0 Å². The summed E-state index contributed by atoms with van der Waals surface area (Å²) in [7, 11) is -4.46. The Morgan fingerprint density at radius 1 is 0.576 bits per heavy atom. The van der Waals surface area contributed by atoms with Crippen molar-refractivity contribution in [3.63, 3.8) is 0 Å². The zero-order chi connectivity index (χ0) is 43.5. The quantitative estimate of drug-likeness (QED) is 0.0199. The molecule has 0 aliphatic heterocycles. The van der Waals surface area contributed by atoms with Gasteiger partial charge in [0.05, 0.1) is 25.4 Å². The van der Waals surface area contributed by atoms with Gasteiger partial charge in [0.15, 0.2) is 6.10 Å². The standard InChI is InChI=1S/C47H86NO10P/c1-3-5-7-9-11-13-15-17-18-19-20-21-22-23-25-27-29-31-33-37-46(51)55-41-43(42-57-59(53,54)56-40-39-48)58-47(52)38-34-36-45(50)44(49)35-32-30-28-26-24-16-14-12-10-8-6-4-2/h12,14,17-18,24,26,30,32,43-45,49-50H,3-11,13,15-16,19-23,25,27-29,31,33-42,48H2,1-2H3,(H,53,54)/b14-12-,18-17-,26-24-,32-30-/t43-,44?,45?/m1/s1. The summed E-state index contributed by atoms with van der Waals surface area (Å²) in [6, 6.07) is 0. The van der Waals surface area contributed by atoms with Gasteiger partial charge in [-0.1, -0.05) is 152 Å². The number of phosphoric acid groups is 1. The maximum absolute atomic E-state index is 12.6. The largest absolute Gasteiger partial charge is 0.472 e. The number of rotatable bonds is 43. The molecule has 0 rings (SSSR count). The van der Waals surface area contributed by atoms with Gasteiger partial charge < -0.3 is 30.3 Å². The molecule has 0 aliphatic carbocycles. The Morgan fingerprint density at radius 2 is 1.05 bits per heavy atom. The number of allylic oxidation sites excluding steroid dienone is 7. The van der Waals surface area contributed by atoms with Gasteiger partial charge in [-0.25, -0.2) is 4.57 Å². The highest BCUT2D eigenvalue weighted by atomic mass is 31.2. The van der Waals surface area contributed by atoms with Crippen molar-refractivity contribution in [1.29, 1.82) is 0 Å². The van der Waals surface area contributed by atoms with E-state index < -0.39 is 44.7 Å². The number of hydrogen-bond donors (Lipinski definition) is 4. The fourth-order valence-electron chi connectivity index (χ4n) is 6.26. The van der Waals surface area contributed by atoms with E-state index in [2.05, 4.69) is 50.3 Å². The molecular formula is C47H86NO10P. The van der Waals surface area contributed by atoms with Crippen LogP contribution in [0.1, 0.15) is 194 Å². The van der Waals surface area contributed by atoms with Gasteiger partial charge in [0, 0.05) is 19.4 Å². The third-order valence-corrected chi connectivity index (χ3v) is 10.9. The van der Waals surface area contributed by atoms with Crippen molar-refractivity contribution < 1.29 is 47.8 Å². The number of ether oxygens (including phenoxy) is 2. The van der Waals surface area contributed by atoms with Gasteiger partial charge in [-0.15, -0.1) is 0 Å². The molecule has 0 aromatic rings. The molecule has 59 heavy (non-hydrogen) atoms. The van der Waals surface area contributed by atoms with Crippen molar-refractivity contribution >= 4 is 19.8 Å². The van der Waals surface area contributed by atoms with Crippen molar-refractivity contribution in [1.82, 2.24) is 0 Å². The lowest BCUT2D eigenvalue weighted by molar-refractivity contribution is -0.161. The van der Waals surface area contributed by atoms with Crippen LogP contribution in [0, 0.1) is 0 Å². The van der Waals surface area contributed by atoms with Crippen molar-refractivity contribution in [2.75, 3.05) is 26.4 Å². The average molecular weight is 856 g/mol. The van der Waals surface area contributed by atoms with Crippen molar-refractivity contribution in [3.05, 3.63) is 48.6 Å². The maximum Gasteiger partial charge on any atom is 0.472 e. The Kier molecular flexibility index (Phi) is 41.1. The van der Waals surface area contributed by atoms with E-state index in [1.807, 2.05) is 12.2 Å². The summed E-state index contributed by atoms with van der Waals surface area (Å²) in [6.45, 7) is 3.37. The van der Waals surface area contributed by atoms with Crippen LogP contribution in [0.25, 0.3) is 0 Å². The first-order chi connectivity index (χ1) is 28.6. The van der Waals surface area contributed by atoms with Crippen LogP contribution in [0.4, 0.5) is 0 Å². The third-order valence-electron chi connectivity index (χ3n) is 9.89. The Labute approximate surface area is 359 Å². The van der Waals surface area contributed by atoms with Crippen LogP contribution in [0.15, 0.2) is 48.6 Å². The number of esters is 2. The average Bonchev–Trinajstić information content (AvgIpc) is 3.22. The normalized spacial score (nSPS) is 14.7. The molecule has 0 aromatic carbocycles. The number of aliphatic hydroxyl groups is 2. The molecule has 0 saturated heterocycles. The lowest BCUT2D eigenvalue weighted by Crippen LogP contribution is -2.30. The van der Waals surface area contributed by atoms with Crippen LogP contribution in [-0.2, 0) is 32.7 Å². The number of unbranched alkanes of at least 4 members (excludes halogenated alkanes) is 18. The molecule has 3 unspecified atom stereocenters. The molecule has 4 atom stereocenters. The SMILES string of the molecule is CCCCC/C=C\C/C=C\C/C=C\CC(O)C(O)CCCC(=O)O[C@H](COC(=O)CCCCCCCCCCC/C=C\CCCCCCCC)COP(=O)(O)OCCN. The maximum atomic E-state index is 12.6. The number of nitrogens with two attached hydrogens (primary N) is 1. The second-order valence-electron chi connectivity index (χ2n) is 15.6. The Bertz CT molecular complexity index is 1140. The summed E-state index contributed by atoms with van der Waals surface area (Å²) in [5.41, 5.74) is 5.34. The van der Waals surface area contributed by atoms with E-state index >= 15 is 0 Å². The van der Waals surface area contributed by atoms with Crippen LogP contribution in [0.2, 0.25) is 0 Å². The lowest BCUT2D eigenvalue weighted by Gasteiger charge is -2.20. The number of hydrogen-bond acceptors (Lipinski definition) is 10. The summed E-state index contributed by atoms with van der Waals surface area (Å²) in [5.74, 6) is -1.11. The van der Waals surface area contributed by atoms with Crippen molar-refractivity contribution in [2.24, 2.45) is 5.73 Å². The van der Waals surface area contributed by atoms with Gasteiger partial charge in [0.25, 0.3) is 0 Å². The lowest BCUT2D eigenvalue weighted by atomic mass is 10.0. The topological polar surface area (TPSA) is 175 Å². The molecule has 5 N–H and O–H groups in total. The van der Waals surface area contributed by atoms with Gasteiger partial charge >= 0.3 is 19.8 Å². The molecule has 344 valence electrons. The first-order valence-corrected chi connectivity index (χ1v) is 24.8. The van der Waals surface area contributed by atoms with E-state index in [0.29, 0.717) is 6.42 Å². The first-order valence-electron chi connectivity index (χ1n) is 23.3. The molecule has 0 aromatic heterocycles. The predicted octanol–water partition coefficient (Wildman–Crippen LogP) is 11.4. The molecule has 0 saturated carbocycles. The highest BCUT2D eigenvalue weighted by Gasteiger charge is 2.26. The van der Waals surface area contributed by atoms with Crippen LogP contribution in [-0.4, -0.2) is 71.7 Å². The Balaban J connectivity index is 4.33. The fraction of sp³-hybridized carbons (Fsp3) is 0.787. The number of carbonyl (C=O) groups is 2. The van der Waals surface area contributed by atoms with E-state index in [-0.39, 0.29) is 51.9 Å². The van der Waals surface area contributed by atoms with Crippen LogP contribution in [0.5, 0.6) is 0 Å². The molecule has 0 fully saturated rings. The van der Waals surface area contributed by atoms with E-state index in [1.54, 1.807) is 0 Å². The smallest absolute Gasteiger partial charge is 0.462 e. The summed E-state index contributed by atoms with van der Waals surface area (Å²) in [4.78, 5) is 35.0. The molecule has 0 amide bonds. The summed E-state index contributed by atoms with van der Waals surface area (Å²) >= 11 is 0. The monoisotopic (exact) mass is 856 g/mol. The van der Waals surface area contributed by atoms with E-state index in [4.69, 9.17) is 24.3 Å². The Hall–Kier alpha value is -2.11. The van der Waals surface area contributed by atoms with Gasteiger partial charge in [-0.05, 0) is 77.0 Å². The van der Waals surface area contributed by atoms with Crippen LogP contribution >= 0.6 is 7.82 Å². The number of aliphatic hydroxyl groups excluding tert-OH is 2. The van der Waals surface area contributed by atoms with E-state index in [9.17, 15) is 29.3 Å². The zero-order valence-electron chi connectivity index (χ0n) is 37.2. The molecule has 11 nitrogen and oxygen atoms in total. The van der Waals surface area contributed by atoms with Crippen molar-refractivity contribution in [2.45, 2.75) is 212 Å². The number of phosphoric ester groups is 1. The predicted molar refractivity (Wildman–Crippen MR) is 241 cm³/mol. The van der Waals surface area contributed by atoms with E-state index in [1.165, 1.54) is 103 Å².